The number of carboxylic acids is 3. The molecule has 12 N–H and O–H groups in total. The number of aliphatic hydroxyl groups is 12. The van der Waals surface area contributed by atoms with Gasteiger partial charge in [0.15, 0.2) is 0 Å². The molecule has 374 valence electrons. The van der Waals surface area contributed by atoms with Crippen LogP contribution >= 0.6 is 0 Å². The van der Waals surface area contributed by atoms with Crippen LogP contribution in [0.3, 0.4) is 0 Å². The van der Waals surface area contributed by atoms with Gasteiger partial charge in [-0.05, 0) is 12.8 Å². The van der Waals surface area contributed by atoms with Crippen LogP contribution in [0.5, 0.6) is 0 Å². The summed E-state index contributed by atoms with van der Waals surface area (Å²) < 4.78 is 17.7. The van der Waals surface area contributed by atoms with Gasteiger partial charge in [-0.25, -0.2) is 0 Å². The van der Waals surface area contributed by atoms with Gasteiger partial charge in [0.1, 0.15) is 73.2 Å². The summed E-state index contributed by atoms with van der Waals surface area (Å²) in [6.45, 7) is -0.00536. The number of nitrogens with zero attached hydrogens (tertiary/aromatic N) is 1. The van der Waals surface area contributed by atoms with Crippen molar-refractivity contribution in [1.82, 2.24) is 0 Å². The van der Waals surface area contributed by atoms with Gasteiger partial charge in [-0.1, -0.05) is 90.4 Å². The Morgan fingerprint density at radius 1 is 0.424 bits per heavy atom. The first-order valence-electron chi connectivity index (χ1n) is 22.0. The van der Waals surface area contributed by atoms with Crippen molar-refractivity contribution in [2.24, 2.45) is 0 Å². The molecule has 0 aromatic rings. The Bertz CT molecular complexity index is 1150. The Morgan fingerprint density at radius 3 is 0.924 bits per heavy atom. The molecule has 26 heteroatoms. The molecule has 0 saturated carbocycles. The van der Waals surface area contributed by atoms with E-state index in [4.69, 9.17) is 13.3 Å². The van der Waals surface area contributed by atoms with Crippen molar-refractivity contribution in [3.8, 4) is 0 Å². The van der Waals surface area contributed by atoms with Crippen molar-refractivity contribution >= 4 is 26.7 Å². The second kappa shape index (κ2) is 40.5. The number of carbonyl (C=O) groups excluding carboxylic acids is 3. The topological polar surface area (TPSA) is 391 Å². The average Bonchev–Trinajstić information content (AvgIpc) is 3.24. The van der Waals surface area contributed by atoms with E-state index in [2.05, 4.69) is 6.92 Å². The summed E-state index contributed by atoms with van der Waals surface area (Å²) in [5.41, 5.74) is 0. The van der Waals surface area contributed by atoms with E-state index in [1.165, 1.54) is 64.2 Å². The number of rotatable bonds is 41. The van der Waals surface area contributed by atoms with Gasteiger partial charge in [-0.15, -0.1) is 0 Å². The van der Waals surface area contributed by atoms with Crippen molar-refractivity contribution in [2.75, 3.05) is 47.0 Å². The third-order valence-corrected chi connectivity index (χ3v) is 13.7. The molecule has 12 atom stereocenters. The zero-order valence-corrected chi connectivity index (χ0v) is 47.0. The zero-order valence-electron chi connectivity index (χ0n) is 40.0. The second-order valence-electron chi connectivity index (χ2n) is 17.0. The van der Waals surface area contributed by atoms with Crippen LogP contribution in [0.2, 0.25) is 6.04 Å². The number of aliphatic carboxylic acids is 3. The first-order chi connectivity index (χ1) is 29.4. The predicted octanol–water partition coefficient (Wildman–Crippen LogP) is -15.1. The first kappa shape index (κ1) is 73.5. The molecule has 0 amide bonds. The molecule has 0 bridgehead atoms. The van der Waals surface area contributed by atoms with E-state index in [9.17, 15) is 91.0 Å². The van der Waals surface area contributed by atoms with Gasteiger partial charge in [-0.3, -0.25) is 0 Å². The average molecular weight is 1010 g/mol. The molecule has 0 aliphatic carbocycles. The molecule has 0 rings (SSSR count). The van der Waals surface area contributed by atoms with Crippen molar-refractivity contribution in [3.05, 3.63) is 0 Å². The third kappa shape index (κ3) is 30.8. The van der Waals surface area contributed by atoms with E-state index < -0.39 is 120 Å². The van der Waals surface area contributed by atoms with Crippen LogP contribution in [0.4, 0.5) is 0 Å². The maximum absolute atomic E-state index is 11.0. The number of quaternary nitrogens is 1. The minimum atomic E-state index is -4.69. The summed E-state index contributed by atoms with van der Waals surface area (Å²) >= 11 is 0. The van der Waals surface area contributed by atoms with Gasteiger partial charge >= 0.3 is 97.5 Å². The number of carboxylic acid groups (broad SMARTS) is 3. The maximum atomic E-state index is 11.0. The summed E-state index contributed by atoms with van der Waals surface area (Å²) in [5.74, 6) is -6.60. The smallest absolute Gasteiger partial charge is 0.547 e. The van der Waals surface area contributed by atoms with Crippen molar-refractivity contribution < 1.29 is 197 Å². The molecule has 66 heavy (non-hydrogen) atoms. The molecule has 22 nitrogen and oxygen atoms in total. The van der Waals surface area contributed by atoms with Crippen LogP contribution in [-0.2, 0) is 27.7 Å². The van der Waals surface area contributed by atoms with Gasteiger partial charge in [-0.2, -0.15) is 0 Å². The number of unbranched alkanes of at least 4 members (excludes halogenated alkanes) is 14. The second-order valence-corrected chi connectivity index (χ2v) is 19.7. The fourth-order valence-electron chi connectivity index (χ4n) is 6.68. The molecule has 0 aromatic heterocycles. The molecule has 0 aliphatic rings. The van der Waals surface area contributed by atoms with Crippen LogP contribution in [0.1, 0.15) is 110 Å². The van der Waals surface area contributed by atoms with Gasteiger partial charge in [0.25, 0.3) is 0 Å². The minimum Gasteiger partial charge on any atom is -0.547 e. The molecule has 0 unspecified atom stereocenters. The monoisotopic (exact) mass is 1000 g/mol. The molecule has 0 spiro atoms. The maximum Gasteiger partial charge on any atom is 1.00 e. The van der Waals surface area contributed by atoms with Crippen molar-refractivity contribution in [2.45, 2.75) is 189 Å². The van der Waals surface area contributed by atoms with Crippen LogP contribution in [0.15, 0.2) is 0 Å². The molecule has 0 heterocycles. The normalized spacial score (nSPS) is 17.5. The number of aliphatic hydroxyl groups excluding tert-OH is 12. The predicted molar refractivity (Wildman–Crippen MR) is 217 cm³/mol. The Balaban J connectivity index is -0.00000641. The van der Waals surface area contributed by atoms with Crippen molar-refractivity contribution in [1.29, 1.82) is 0 Å². The Labute approximate surface area is 456 Å². The van der Waals surface area contributed by atoms with Crippen LogP contribution in [-0.4, -0.2) is 213 Å². The van der Waals surface area contributed by atoms with Crippen LogP contribution in [0, 0.1) is 0 Å². The van der Waals surface area contributed by atoms with Gasteiger partial charge in [0.2, 0.25) is 0 Å². The fraction of sp³-hybridized carbons (Fsp3) is 0.925. The molecule has 0 aliphatic heterocycles. The summed E-state index contributed by atoms with van der Waals surface area (Å²) in [7, 11) is -0.840. The SMILES string of the molecule is CCCCCCCCCCCCCCCCC[N+](C)(C)CCC[Si](OC[C@@H](O)[C@@H](O)[C@H](O)[C@@H](O)C(=O)[O-])(OC[C@@H](O)[C@@H](O)[C@H](O)[C@@H](O)C(=O)[O-])OC[C@@H](O)[C@@H](O)[C@H](O)[C@@H](O)C(=O)[O-].[Na+].[Na+].[Na+]. The molecule has 0 fully saturated rings. The number of carbonyl (C=O) groups is 3. The van der Waals surface area contributed by atoms with E-state index in [-0.39, 0.29) is 101 Å². The molecule has 0 aromatic carbocycles. The Kier molecular flexibility index (Phi) is 45.1. The van der Waals surface area contributed by atoms with Crippen molar-refractivity contribution in [3.63, 3.8) is 0 Å². The van der Waals surface area contributed by atoms with Crippen LogP contribution < -0.4 is 104 Å². The fourth-order valence-corrected chi connectivity index (χ4v) is 9.23. The molecule has 0 radical (unpaired) electrons. The van der Waals surface area contributed by atoms with E-state index >= 15 is 0 Å². The Hall–Kier alpha value is 0.987. The summed E-state index contributed by atoms with van der Waals surface area (Å²) in [6.07, 6.45) is -11.5. The quantitative estimate of drug-likeness (QED) is 0.0154. The zero-order chi connectivity index (χ0) is 48.3. The third-order valence-electron chi connectivity index (χ3n) is 11.0. The van der Waals surface area contributed by atoms with E-state index in [0.29, 0.717) is 17.6 Å². The molecular formula is C40H77NNa3O21Si+. The largest absolute Gasteiger partial charge is 1.00 e. The summed E-state index contributed by atoms with van der Waals surface area (Å²) in [4.78, 5) is 33.1. The molecule has 0 saturated heterocycles. The van der Waals surface area contributed by atoms with Gasteiger partial charge in [0.05, 0.1) is 64.9 Å². The molecular weight excluding hydrogens is 927 g/mol. The summed E-state index contributed by atoms with van der Waals surface area (Å²) in [5, 5.41) is 155. The van der Waals surface area contributed by atoms with E-state index in [0.717, 1.165) is 32.1 Å². The van der Waals surface area contributed by atoms with Gasteiger partial charge < -0.3 is 109 Å². The van der Waals surface area contributed by atoms with E-state index in [1.54, 1.807) is 0 Å². The van der Waals surface area contributed by atoms with Crippen LogP contribution in [0.25, 0.3) is 0 Å². The number of hydrogen-bond donors (Lipinski definition) is 12. The minimum absolute atomic E-state index is 0. The standard InChI is InChI=1S/C40H79NO21Si.3Na/c1-4-5-6-7-8-9-10-11-12-13-14-15-16-17-18-20-41(2,3)21-19-22-63(60-23-26(42)29(45)32(48)35(51)38(54)55,61-24-27(43)30(46)33(49)36(52)39(56)57)62-25-28(44)31(47)34(50)37(53)40(58)59;;;/h26-37,42-53H,4-25H2,1-3H3,(H2-,54,55,56,57,58,59);;;/q;3*+1/p-2/t26-,27-,28-,29-,30-,31-,32+,33+,34+,35-,36-,37-;;;/m1.../s1. The number of hydrogen-bond acceptors (Lipinski definition) is 21. The van der Waals surface area contributed by atoms with E-state index in [1.807, 2.05) is 14.1 Å². The first-order valence-corrected chi connectivity index (χ1v) is 23.9. The Morgan fingerprint density at radius 2 is 0.667 bits per heavy atom. The van der Waals surface area contributed by atoms with Gasteiger partial charge in [0, 0.05) is 12.5 Å². The summed E-state index contributed by atoms with van der Waals surface area (Å²) in [6, 6.07) is -0.319.